The molecule has 1 aromatic heterocycles. The Morgan fingerprint density at radius 3 is 2.82 bits per heavy atom. The summed E-state index contributed by atoms with van der Waals surface area (Å²) in [6.07, 6.45) is 2.72. The van der Waals surface area contributed by atoms with E-state index in [9.17, 15) is 5.11 Å². The summed E-state index contributed by atoms with van der Waals surface area (Å²) in [4.78, 5) is 4.30. The lowest BCUT2D eigenvalue weighted by Crippen LogP contribution is -2.46. The van der Waals surface area contributed by atoms with Crippen LogP contribution < -0.4 is 5.32 Å². The standard InChI is InChI=1S/C12H19BrN2OS/c1-3-15-12(2,9-16)6-7-17-11-5-4-10(13)8-14-11/h4-5,8,15-16H,3,6-7,9H2,1-2H3. The SMILES string of the molecule is CCNC(C)(CO)CCSc1ccc(Br)cn1. The summed E-state index contributed by atoms with van der Waals surface area (Å²) in [5, 5.41) is 13.7. The third kappa shape index (κ3) is 5.38. The molecule has 96 valence electrons. The maximum Gasteiger partial charge on any atom is 0.0960 e. The zero-order valence-electron chi connectivity index (χ0n) is 10.2. The summed E-state index contributed by atoms with van der Waals surface area (Å²) in [7, 11) is 0. The van der Waals surface area contributed by atoms with Crippen molar-refractivity contribution in [3.63, 3.8) is 0 Å². The van der Waals surface area contributed by atoms with Crippen molar-refractivity contribution in [3.8, 4) is 0 Å². The van der Waals surface area contributed by atoms with Crippen LogP contribution in [0.25, 0.3) is 0 Å². The zero-order chi connectivity index (χ0) is 12.7. The molecule has 0 aromatic carbocycles. The molecule has 1 aromatic rings. The maximum absolute atomic E-state index is 9.36. The van der Waals surface area contributed by atoms with Gasteiger partial charge in [0.05, 0.1) is 11.6 Å². The number of rotatable bonds is 7. The Morgan fingerprint density at radius 1 is 1.53 bits per heavy atom. The topological polar surface area (TPSA) is 45.1 Å². The first-order chi connectivity index (χ1) is 8.09. The Balaban J connectivity index is 2.38. The minimum absolute atomic E-state index is 0.162. The molecule has 3 nitrogen and oxygen atoms in total. The van der Waals surface area contributed by atoms with Gasteiger partial charge in [-0.25, -0.2) is 4.98 Å². The van der Waals surface area contributed by atoms with Crippen molar-refractivity contribution < 1.29 is 5.11 Å². The predicted molar refractivity (Wildman–Crippen MR) is 76.4 cm³/mol. The average molecular weight is 319 g/mol. The molecule has 0 saturated carbocycles. The number of pyridine rings is 1. The summed E-state index contributed by atoms with van der Waals surface area (Å²) in [6.45, 7) is 5.14. The number of thioether (sulfide) groups is 1. The van der Waals surface area contributed by atoms with Crippen LogP contribution in [0.2, 0.25) is 0 Å². The number of nitrogens with zero attached hydrogens (tertiary/aromatic N) is 1. The highest BCUT2D eigenvalue weighted by atomic mass is 79.9. The summed E-state index contributed by atoms with van der Waals surface area (Å²) in [5.41, 5.74) is -0.183. The monoisotopic (exact) mass is 318 g/mol. The molecule has 1 atom stereocenters. The normalized spacial score (nSPS) is 14.6. The highest BCUT2D eigenvalue weighted by molar-refractivity contribution is 9.10. The van der Waals surface area contributed by atoms with Gasteiger partial charge in [-0.05, 0) is 48.0 Å². The number of nitrogens with one attached hydrogen (secondary N) is 1. The largest absolute Gasteiger partial charge is 0.394 e. The molecule has 0 aliphatic carbocycles. The van der Waals surface area contributed by atoms with E-state index in [-0.39, 0.29) is 12.1 Å². The first kappa shape index (κ1) is 15.0. The summed E-state index contributed by atoms with van der Waals surface area (Å²) in [6, 6.07) is 3.99. The van der Waals surface area contributed by atoms with Gasteiger partial charge >= 0.3 is 0 Å². The van der Waals surface area contributed by atoms with Gasteiger partial charge in [-0.2, -0.15) is 0 Å². The highest BCUT2D eigenvalue weighted by Gasteiger charge is 2.21. The predicted octanol–water partition coefficient (Wildman–Crippen LogP) is 2.69. The molecule has 1 unspecified atom stereocenters. The number of likely N-dealkylation sites (N-methyl/N-ethyl adjacent to an activating group) is 1. The van der Waals surface area contributed by atoms with Crippen LogP contribution in [0.15, 0.2) is 27.8 Å². The number of hydrogen-bond donors (Lipinski definition) is 2. The Bertz CT molecular complexity index is 334. The Kier molecular flexibility index (Phi) is 6.48. The minimum atomic E-state index is -0.183. The van der Waals surface area contributed by atoms with Crippen LogP contribution in [0, 0.1) is 0 Å². The van der Waals surface area contributed by atoms with E-state index in [1.54, 1.807) is 18.0 Å². The van der Waals surface area contributed by atoms with Crippen LogP contribution in [0.3, 0.4) is 0 Å². The van der Waals surface area contributed by atoms with Crippen molar-refractivity contribution in [1.82, 2.24) is 10.3 Å². The van der Waals surface area contributed by atoms with Gasteiger partial charge in [-0.3, -0.25) is 0 Å². The molecule has 0 bridgehead atoms. The molecular formula is C12H19BrN2OS. The van der Waals surface area contributed by atoms with Crippen molar-refractivity contribution in [2.24, 2.45) is 0 Å². The second kappa shape index (κ2) is 7.36. The Morgan fingerprint density at radius 2 is 2.29 bits per heavy atom. The van der Waals surface area contributed by atoms with E-state index in [1.807, 2.05) is 19.1 Å². The molecule has 1 rings (SSSR count). The highest BCUT2D eigenvalue weighted by Crippen LogP contribution is 2.21. The lowest BCUT2D eigenvalue weighted by molar-refractivity contribution is 0.173. The van der Waals surface area contributed by atoms with E-state index in [1.165, 1.54) is 0 Å². The molecule has 17 heavy (non-hydrogen) atoms. The fourth-order valence-corrected chi connectivity index (χ4v) is 2.77. The van der Waals surface area contributed by atoms with Gasteiger partial charge < -0.3 is 10.4 Å². The van der Waals surface area contributed by atoms with Gasteiger partial charge in [0.25, 0.3) is 0 Å². The molecule has 2 N–H and O–H groups in total. The van der Waals surface area contributed by atoms with E-state index in [0.717, 1.165) is 28.2 Å². The molecule has 0 fully saturated rings. The fourth-order valence-electron chi connectivity index (χ4n) is 1.48. The van der Waals surface area contributed by atoms with Crippen molar-refractivity contribution >= 4 is 27.7 Å². The summed E-state index contributed by atoms with van der Waals surface area (Å²) in [5.74, 6) is 0.943. The van der Waals surface area contributed by atoms with Gasteiger partial charge in [0, 0.05) is 22.0 Å². The van der Waals surface area contributed by atoms with E-state index >= 15 is 0 Å². The summed E-state index contributed by atoms with van der Waals surface area (Å²) >= 11 is 5.08. The Hall–Kier alpha value is -0.100. The van der Waals surface area contributed by atoms with Gasteiger partial charge in [-0.15, -0.1) is 11.8 Å². The first-order valence-corrected chi connectivity index (χ1v) is 7.48. The van der Waals surface area contributed by atoms with Crippen molar-refractivity contribution in [1.29, 1.82) is 0 Å². The lowest BCUT2D eigenvalue weighted by atomic mass is 10.0. The van der Waals surface area contributed by atoms with Crippen LogP contribution in [0.4, 0.5) is 0 Å². The van der Waals surface area contributed by atoms with Gasteiger partial charge in [0.1, 0.15) is 0 Å². The molecule has 0 aliphatic heterocycles. The molecule has 0 spiro atoms. The maximum atomic E-state index is 9.36. The Labute approximate surface area is 116 Å². The average Bonchev–Trinajstić information content (AvgIpc) is 2.32. The first-order valence-electron chi connectivity index (χ1n) is 5.70. The van der Waals surface area contributed by atoms with Crippen LogP contribution in [0.1, 0.15) is 20.3 Å². The van der Waals surface area contributed by atoms with E-state index in [4.69, 9.17) is 0 Å². The van der Waals surface area contributed by atoms with E-state index in [0.29, 0.717) is 0 Å². The number of aliphatic hydroxyl groups is 1. The van der Waals surface area contributed by atoms with Crippen LogP contribution in [-0.4, -0.2) is 34.5 Å². The molecule has 1 heterocycles. The van der Waals surface area contributed by atoms with Gasteiger partial charge in [0.15, 0.2) is 0 Å². The van der Waals surface area contributed by atoms with Crippen molar-refractivity contribution in [3.05, 3.63) is 22.8 Å². The molecule has 0 amide bonds. The van der Waals surface area contributed by atoms with Crippen LogP contribution >= 0.6 is 27.7 Å². The third-order valence-electron chi connectivity index (χ3n) is 2.56. The summed E-state index contributed by atoms with van der Waals surface area (Å²) < 4.78 is 0.995. The molecular weight excluding hydrogens is 300 g/mol. The van der Waals surface area contributed by atoms with Crippen molar-refractivity contribution in [2.45, 2.75) is 30.8 Å². The lowest BCUT2D eigenvalue weighted by Gasteiger charge is -2.28. The van der Waals surface area contributed by atoms with Crippen molar-refractivity contribution in [2.75, 3.05) is 18.9 Å². The number of hydrogen-bond acceptors (Lipinski definition) is 4. The second-order valence-electron chi connectivity index (χ2n) is 4.16. The van der Waals surface area contributed by atoms with Crippen LogP contribution in [-0.2, 0) is 0 Å². The second-order valence-corrected chi connectivity index (χ2v) is 6.19. The molecule has 0 saturated heterocycles. The molecule has 0 aliphatic rings. The van der Waals surface area contributed by atoms with E-state index < -0.39 is 0 Å². The smallest absolute Gasteiger partial charge is 0.0960 e. The van der Waals surface area contributed by atoms with E-state index in [2.05, 4.69) is 33.2 Å². The van der Waals surface area contributed by atoms with Gasteiger partial charge in [-0.1, -0.05) is 6.92 Å². The minimum Gasteiger partial charge on any atom is -0.394 e. The third-order valence-corrected chi connectivity index (χ3v) is 3.97. The van der Waals surface area contributed by atoms with Gasteiger partial charge in [0.2, 0.25) is 0 Å². The fraction of sp³-hybridized carbons (Fsp3) is 0.583. The number of halogens is 1. The molecule has 0 radical (unpaired) electrons. The quantitative estimate of drug-likeness (QED) is 0.759. The zero-order valence-corrected chi connectivity index (χ0v) is 12.6. The number of aliphatic hydroxyl groups excluding tert-OH is 1. The van der Waals surface area contributed by atoms with Crippen LogP contribution in [0.5, 0.6) is 0 Å². The number of aromatic nitrogens is 1. The molecule has 5 heteroatoms.